The third-order valence-corrected chi connectivity index (χ3v) is 5.05. The molecule has 7 heteroatoms. The summed E-state index contributed by atoms with van der Waals surface area (Å²) in [4.78, 5) is 34.3. The first-order valence-electron chi connectivity index (χ1n) is 10.1. The van der Waals surface area contributed by atoms with Gasteiger partial charge in [0.1, 0.15) is 5.82 Å². The normalized spacial score (nSPS) is 11.3. The Morgan fingerprint density at radius 2 is 1.84 bits per heavy atom. The second-order valence-electron chi connectivity index (χ2n) is 7.34. The van der Waals surface area contributed by atoms with Crippen molar-refractivity contribution in [2.45, 2.75) is 6.54 Å². The largest absolute Gasteiger partial charge is 0.383 e. The van der Waals surface area contributed by atoms with E-state index >= 15 is 0 Å². The molecule has 1 heterocycles. The van der Waals surface area contributed by atoms with Gasteiger partial charge in [-0.15, -0.1) is 0 Å². The van der Waals surface area contributed by atoms with E-state index in [0.29, 0.717) is 36.4 Å². The van der Waals surface area contributed by atoms with Crippen molar-refractivity contribution >= 4 is 33.3 Å². The lowest BCUT2D eigenvalue weighted by atomic mass is 10.1. The standard InChI is InChI=1S/C24H24N4O3/c1-31-13-12-28(15-22-26-21-9-5-4-8-20(21)24(30)27-22)16-23(29)25-19-11-10-17-6-2-3-7-18(17)14-19/h2-11,14H,12-13,15-16H2,1H3,(H,25,29)(H,26,27,30). The summed E-state index contributed by atoms with van der Waals surface area (Å²) in [6.07, 6.45) is 0. The van der Waals surface area contributed by atoms with E-state index < -0.39 is 0 Å². The maximum Gasteiger partial charge on any atom is 0.258 e. The molecular weight excluding hydrogens is 392 g/mol. The number of para-hydroxylation sites is 1. The van der Waals surface area contributed by atoms with E-state index in [1.54, 1.807) is 25.3 Å². The molecule has 4 rings (SSSR count). The molecule has 0 atom stereocenters. The highest BCUT2D eigenvalue weighted by Crippen LogP contribution is 2.19. The lowest BCUT2D eigenvalue weighted by Crippen LogP contribution is -2.36. The molecule has 4 aromatic rings. The van der Waals surface area contributed by atoms with Crippen molar-refractivity contribution < 1.29 is 9.53 Å². The Balaban J connectivity index is 1.48. The van der Waals surface area contributed by atoms with Crippen LogP contribution in [-0.4, -0.2) is 47.6 Å². The number of hydrogen-bond donors (Lipinski definition) is 2. The van der Waals surface area contributed by atoms with Crippen molar-refractivity contribution in [1.29, 1.82) is 0 Å². The zero-order valence-electron chi connectivity index (χ0n) is 17.3. The SMILES string of the molecule is COCCN(CC(=O)Nc1ccc2ccccc2c1)Cc1nc2ccccc2c(=O)[nH]1. The summed E-state index contributed by atoms with van der Waals surface area (Å²) < 4.78 is 5.19. The number of aromatic amines is 1. The predicted molar refractivity (Wildman–Crippen MR) is 122 cm³/mol. The number of aromatic nitrogens is 2. The van der Waals surface area contributed by atoms with Crippen molar-refractivity contribution in [3.63, 3.8) is 0 Å². The fraction of sp³-hybridized carbons (Fsp3) is 0.208. The lowest BCUT2D eigenvalue weighted by Gasteiger charge is -2.21. The quantitative estimate of drug-likeness (QED) is 0.461. The van der Waals surface area contributed by atoms with Crippen LogP contribution < -0.4 is 10.9 Å². The molecular formula is C24H24N4O3. The van der Waals surface area contributed by atoms with Crippen molar-refractivity contribution in [1.82, 2.24) is 14.9 Å². The van der Waals surface area contributed by atoms with Gasteiger partial charge in [0.15, 0.2) is 0 Å². The third-order valence-electron chi connectivity index (χ3n) is 5.05. The van der Waals surface area contributed by atoms with E-state index in [0.717, 1.165) is 16.5 Å². The van der Waals surface area contributed by atoms with Crippen molar-refractivity contribution in [3.8, 4) is 0 Å². The Morgan fingerprint density at radius 3 is 2.68 bits per heavy atom. The number of carbonyl (C=O) groups is 1. The highest BCUT2D eigenvalue weighted by molar-refractivity contribution is 5.95. The number of rotatable bonds is 8. The summed E-state index contributed by atoms with van der Waals surface area (Å²) in [5, 5.41) is 5.68. The van der Waals surface area contributed by atoms with E-state index in [1.807, 2.05) is 53.4 Å². The molecule has 0 radical (unpaired) electrons. The summed E-state index contributed by atoms with van der Waals surface area (Å²) >= 11 is 0. The Morgan fingerprint density at radius 1 is 1.06 bits per heavy atom. The Labute approximate surface area is 179 Å². The second-order valence-corrected chi connectivity index (χ2v) is 7.34. The van der Waals surface area contributed by atoms with Crippen LogP contribution in [-0.2, 0) is 16.1 Å². The summed E-state index contributed by atoms with van der Waals surface area (Å²) in [5.41, 5.74) is 1.19. The fourth-order valence-corrected chi connectivity index (χ4v) is 3.53. The van der Waals surface area contributed by atoms with Gasteiger partial charge in [0.2, 0.25) is 5.91 Å². The molecule has 158 valence electrons. The summed E-state index contributed by atoms with van der Waals surface area (Å²) in [6.45, 7) is 1.46. The molecule has 7 nitrogen and oxygen atoms in total. The average Bonchev–Trinajstić information content (AvgIpc) is 2.77. The molecule has 1 aromatic heterocycles. The molecule has 31 heavy (non-hydrogen) atoms. The highest BCUT2D eigenvalue weighted by atomic mass is 16.5. The highest BCUT2D eigenvalue weighted by Gasteiger charge is 2.14. The molecule has 0 aliphatic carbocycles. The van der Waals surface area contributed by atoms with Gasteiger partial charge in [-0.05, 0) is 35.0 Å². The first-order chi connectivity index (χ1) is 15.1. The van der Waals surface area contributed by atoms with Crippen LogP contribution in [0.25, 0.3) is 21.7 Å². The van der Waals surface area contributed by atoms with Gasteiger partial charge in [-0.1, -0.05) is 42.5 Å². The van der Waals surface area contributed by atoms with Gasteiger partial charge in [0.05, 0.1) is 30.6 Å². The number of amides is 1. The number of benzene rings is 3. The Hall–Kier alpha value is -3.55. The maximum atomic E-state index is 12.7. The fourth-order valence-electron chi connectivity index (χ4n) is 3.53. The predicted octanol–water partition coefficient (Wildman–Crippen LogP) is 3.16. The molecule has 0 saturated heterocycles. The van der Waals surface area contributed by atoms with Crippen molar-refractivity contribution in [3.05, 3.63) is 82.9 Å². The van der Waals surface area contributed by atoms with E-state index in [-0.39, 0.29) is 18.0 Å². The van der Waals surface area contributed by atoms with E-state index in [2.05, 4.69) is 15.3 Å². The number of nitrogens with zero attached hydrogens (tertiary/aromatic N) is 2. The smallest absolute Gasteiger partial charge is 0.258 e. The zero-order chi connectivity index (χ0) is 21.6. The topological polar surface area (TPSA) is 87.3 Å². The third kappa shape index (κ3) is 5.14. The number of H-pyrrole nitrogens is 1. The van der Waals surface area contributed by atoms with Crippen LogP contribution in [0.2, 0.25) is 0 Å². The summed E-state index contributed by atoms with van der Waals surface area (Å²) in [5.74, 6) is 0.368. The first-order valence-corrected chi connectivity index (χ1v) is 10.1. The van der Waals surface area contributed by atoms with Gasteiger partial charge in [0.25, 0.3) is 5.56 Å². The van der Waals surface area contributed by atoms with Gasteiger partial charge in [-0.3, -0.25) is 14.5 Å². The first kappa shape index (κ1) is 20.7. The van der Waals surface area contributed by atoms with Crippen molar-refractivity contribution in [2.75, 3.05) is 32.1 Å². The minimum Gasteiger partial charge on any atom is -0.383 e. The van der Waals surface area contributed by atoms with E-state index in [4.69, 9.17) is 4.74 Å². The van der Waals surface area contributed by atoms with E-state index in [9.17, 15) is 9.59 Å². The van der Waals surface area contributed by atoms with Crippen LogP contribution in [0.1, 0.15) is 5.82 Å². The molecule has 0 unspecified atom stereocenters. The van der Waals surface area contributed by atoms with Gasteiger partial charge in [-0.2, -0.15) is 0 Å². The lowest BCUT2D eigenvalue weighted by molar-refractivity contribution is -0.117. The summed E-state index contributed by atoms with van der Waals surface area (Å²) in [7, 11) is 1.61. The number of hydrogen-bond acceptors (Lipinski definition) is 5. The van der Waals surface area contributed by atoms with Gasteiger partial charge in [0, 0.05) is 19.3 Å². The van der Waals surface area contributed by atoms with Gasteiger partial charge < -0.3 is 15.0 Å². The molecule has 0 bridgehead atoms. The molecule has 0 aliphatic rings. The van der Waals surface area contributed by atoms with Crippen LogP contribution >= 0.6 is 0 Å². The minimum absolute atomic E-state index is 0.144. The maximum absolute atomic E-state index is 12.7. The molecule has 0 fully saturated rings. The molecule has 0 spiro atoms. The molecule has 3 aromatic carbocycles. The monoisotopic (exact) mass is 416 g/mol. The molecule has 0 aliphatic heterocycles. The molecule has 0 saturated carbocycles. The number of nitrogens with one attached hydrogen (secondary N) is 2. The second kappa shape index (κ2) is 9.51. The Bertz CT molecular complexity index is 1270. The van der Waals surface area contributed by atoms with E-state index in [1.165, 1.54) is 0 Å². The minimum atomic E-state index is -0.187. The Kier molecular flexibility index (Phi) is 6.35. The number of carbonyl (C=O) groups excluding carboxylic acids is 1. The van der Waals surface area contributed by atoms with Crippen LogP contribution in [0, 0.1) is 0 Å². The zero-order valence-corrected chi connectivity index (χ0v) is 17.3. The number of methoxy groups -OCH3 is 1. The molecule has 1 amide bonds. The van der Waals surface area contributed by atoms with Crippen LogP contribution in [0.15, 0.2) is 71.5 Å². The average molecular weight is 416 g/mol. The van der Waals surface area contributed by atoms with Crippen molar-refractivity contribution in [2.24, 2.45) is 0 Å². The van der Waals surface area contributed by atoms with Crippen LogP contribution in [0.5, 0.6) is 0 Å². The number of ether oxygens (including phenoxy) is 1. The van der Waals surface area contributed by atoms with Gasteiger partial charge >= 0.3 is 0 Å². The van der Waals surface area contributed by atoms with Gasteiger partial charge in [-0.25, -0.2) is 4.98 Å². The van der Waals surface area contributed by atoms with Crippen LogP contribution in [0.3, 0.4) is 0 Å². The number of fused-ring (bicyclic) bond motifs is 2. The summed E-state index contributed by atoms with van der Waals surface area (Å²) in [6, 6.07) is 21.0. The number of anilines is 1. The molecule has 2 N–H and O–H groups in total. The van der Waals surface area contributed by atoms with Crippen LogP contribution in [0.4, 0.5) is 5.69 Å².